The molecule has 2 aromatic rings. The van der Waals surface area contributed by atoms with Gasteiger partial charge in [-0.3, -0.25) is 15.1 Å². The van der Waals surface area contributed by atoms with Crippen molar-refractivity contribution < 1.29 is 4.92 Å². The van der Waals surface area contributed by atoms with Crippen LogP contribution in [0.5, 0.6) is 0 Å². The molecule has 0 atom stereocenters. The highest BCUT2D eigenvalue weighted by atomic mass is 16.6. The number of nitro benzene ring substituents is 1. The molecule has 1 aromatic carbocycles. The lowest BCUT2D eigenvalue weighted by molar-refractivity contribution is -0.382. The van der Waals surface area contributed by atoms with Crippen LogP contribution in [0.15, 0.2) is 30.5 Å². The molecular formula is C15H18N4O2. The van der Waals surface area contributed by atoms with Gasteiger partial charge >= 0.3 is 5.69 Å². The molecule has 6 heteroatoms. The quantitative estimate of drug-likeness (QED) is 0.677. The van der Waals surface area contributed by atoms with Crippen LogP contribution in [0.3, 0.4) is 0 Å². The van der Waals surface area contributed by atoms with Crippen LogP contribution in [0.2, 0.25) is 0 Å². The van der Waals surface area contributed by atoms with Crippen molar-refractivity contribution in [2.45, 2.75) is 19.4 Å². The number of anilines is 1. The predicted molar refractivity (Wildman–Crippen MR) is 82.7 cm³/mol. The number of aromatic nitrogens is 1. The summed E-state index contributed by atoms with van der Waals surface area (Å²) in [5, 5.41) is 15.6. The molecule has 0 aliphatic carbocycles. The normalized spacial score (nSPS) is 17.9. The highest BCUT2D eigenvalue weighted by Crippen LogP contribution is 2.36. The summed E-state index contributed by atoms with van der Waals surface area (Å²) in [5.74, 6) is 0. The third-order valence-electron chi connectivity index (χ3n) is 3.83. The molecule has 1 fully saturated rings. The van der Waals surface area contributed by atoms with E-state index in [2.05, 4.69) is 29.0 Å². The summed E-state index contributed by atoms with van der Waals surface area (Å²) >= 11 is 0. The van der Waals surface area contributed by atoms with E-state index in [4.69, 9.17) is 0 Å². The van der Waals surface area contributed by atoms with Crippen LogP contribution in [0.4, 0.5) is 11.4 Å². The Labute approximate surface area is 122 Å². The molecule has 0 spiro atoms. The van der Waals surface area contributed by atoms with Gasteiger partial charge in [0.05, 0.1) is 15.8 Å². The van der Waals surface area contributed by atoms with Gasteiger partial charge in [0.1, 0.15) is 5.69 Å². The monoisotopic (exact) mass is 286 g/mol. The van der Waals surface area contributed by atoms with Gasteiger partial charge in [0.25, 0.3) is 0 Å². The van der Waals surface area contributed by atoms with Crippen molar-refractivity contribution in [3.8, 4) is 0 Å². The third kappa shape index (κ3) is 2.54. The van der Waals surface area contributed by atoms with E-state index in [1.807, 2.05) is 12.1 Å². The van der Waals surface area contributed by atoms with Crippen LogP contribution in [-0.2, 0) is 0 Å². The summed E-state index contributed by atoms with van der Waals surface area (Å²) in [7, 11) is 0. The van der Waals surface area contributed by atoms with Gasteiger partial charge in [-0.15, -0.1) is 0 Å². The zero-order valence-corrected chi connectivity index (χ0v) is 12.2. The highest BCUT2D eigenvalue weighted by Gasteiger charge is 2.30. The largest absolute Gasteiger partial charge is 0.363 e. The summed E-state index contributed by atoms with van der Waals surface area (Å²) in [5.41, 5.74) is 1.42. The molecule has 1 N–H and O–H groups in total. The van der Waals surface area contributed by atoms with Crippen LogP contribution in [0.25, 0.3) is 10.9 Å². The van der Waals surface area contributed by atoms with E-state index in [9.17, 15) is 10.1 Å². The topological polar surface area (TPSA) is 71.3 Å². The second kappa shape index (κ2) is 4.96. The molecule has 0 amide bonds. The predicted octanol–water partition coefficient (Wildman–Crippen LogP) is 2.33. The fourth-order valence-electron chi connectivity index (χ4n) is 2.92. The minimum atomic E-state index is -0.297. The molecular weight excluding hydrogens is 268 g/mol. The maximum absolute atomic E-state index is 11.6. The summed E-state index contributed by atoms with van der Waals surface area (Å²) in [6.45, 7) is 6.52. The minimum absolute atomic E-state index is 0.0595. The maximum atomic E-state index is 11.6. The van der Waals surface area contributed by atoms with Crippen molar-refractivity contribution in [3.05, 3.63) is 40.6 Å². The molecule has 1 aliphatic heterocycles. The molecule has 21 heavy (non-hydrogen) atoms. The fraction of sp³-hybridized carbons (Fsp3) is 0.400. The van der Waals surface area contributed by atoms with E-state index in [1.54, 1.807) is 18.3 Å². The van der Waals surface area contributed by atoms with Crippen LogP contribution >= 0.6 is 0 Å². The van der Waals surface area contributed by atoms with Gasteiger partial charge in [0, 0.05) is 31.4 Å². The van der Waals surface area contributed by atoms with Gasteiger partial charge in [-0.1, -0.05) is 0 Å². The molecule has 3 rings (SSSR count). The van der Waals surface area contributed by atoms with Crippen LogP contribution in [0.1, 0.15) is 13.8 Å². The highest BCUT2D eigenvalue weighted by molar-refractivity contribution is 5.94. The molecule has 2 heterocycles. The zero-order chi connectivity index (χ0) is 15.0. The van der Waals surface area contributed by atoms with E-state index in [-0.39, 0.29) is 16.1 Å². The Bertz CT molecular complexity index is 699. The average Bonchev–Trinajstić information content (AvgIpc) is 2.44. The van der Waals surface area contributed by atoms with E-state index in [0.29, 0.717) is 16.6 Å². The Balaban J connectivity index is 2.14. The number of nitrogens with one attached hydrogen (secondary N) is 1. The van der Waals surface area contributed by atoms with E-state index >= 15 is 0 Å². The lowest BCUT2D eigenvalue weighted by atomic mass is 10.0. The van der Waals surface area contributed by atoms with Crippen molar-refractivity contribution in [2.24, 2.45) is 0 Å². The van der Waals surface area contributed by atoms with E-state index in [1.165, 1.54) is 0 Å². The number of fused-ring (bicyclic) bond motifs is 1. The number of benzene rings is 1. The molecule has 0 unspecified atom stereocenters. The Kier molecular flexibility index (Phi) is 3.25. The van der Waals surface area contributed by atoms with Crippen molar-refractivity contribution in [1.82, 2.24) is 10.3 Å². The first-order valence-corrected chi connectivity index (χ1v) is 7.00. The van der Waals surface area contributed by atoms with E-state index < -0.39 is 0 Å². The Morgan fingerprint density at radius 3 is 2.90 bits per heavy atom. The standard InChI is InChI=1S/C15H18N4O2/c1-15(2)10-18(9-8-17-15)13-6-5-12-11(4-3-7-16-12)14(13)19(20)21/h3-7,17H,8-10H2,1-2H3. The summed E-state index contributed by atoms with van der Waals surface area (Å²) in [6, 6.07) is 7.17. The SMILES string of the molecule is CC1(C)CN(c2ccc3ncccc3c2[N+](=O)[O-])CCN1. The van der Waals surface area contributed by atoms with Gasteiger partial charge in [0.2, 0.25) is 0 Å². The second-order valence-corrected chi connectivity index (χ2v) is 5.99. The summed E-state index contributed by atoms with van der Waals surface area (Å²) in [6.07, 6.45) is 1.65. The van der Waals surface area contributed by atoms with E-state index in [0.717, 1.165) is 19.6 Å². The first kappa shape index (κ1) is 13.8. The number of nitro groups is 1. The lowest BCUT2D eigenvalue weighted by Gasteiger charge is -2.40. The van der Waals surface area contributed by atoms with Gasteiger partial charge < -0.3 is 10.2 Å². The number of nitrogens with zero attached hydrogens (tertiary/aromatic N) is 3. The van der Waals surface area contributed by atoms with Crippen LogP contribution in [-0.4, -0.2) is 35.1 Å². The molecule has 1 aromatic heterocycles. The number of hydrogen-bond acceptors (Lipinski definition) is 5. The molecule has 0 radical (unpaired) electrons. The number of rotatable bonds is 2. The zero-order valence-electron chi connectivity index (χ0n) is 12.2. The number of piperazine rings is 1. The smallest absolute Gasteiger partial charge is 0.301 e. The van der Waals surface area contributed by atoms with Crippen molar-refractivity contribution in [1.29, 1.82) is 0 Å². The molecule has 0 saturated carbocycles. The fourth-order valence-corrected chi connectivity index (χ4v) is 2.92. The second-order valence-electron chi connectivity index (χ2n) is 5.99. The van der Waals surface area contributed by atoms with Gasteiger partial charge in [0.15, 0.2) is 0 Å². The Morgan fingerprint density at radius 2 is 2.19 bits per heavy atom. The first-order valence-electron chi connectivity index (χ1n) is 7.00. The average molecular weight is 286 g/mol. The number of pyridine rings is 1. The minimum Gasteiger partial charge on any atom is -0.363 e. The van der Waals surface area contributed by atoms with Crippen LogP contribution in [0, 0.1) is 10.1 Å². The Morgan fingerprint density at radius 1 is 1.38 bits per heavy atom. The molecule has 6 nitrogen and oxygen atoms in total. The Hall–Kier alpha value is -2.21. The molecule has 1 aliphatic rings. The maximum Gasteiger partial charge on any atom is 0.301 e. The molecule has 110 valence electrons. The lowest BCUT2D eigenvalue weighted by Crippen LogP contribution is -2.57. The van der Waals surface area contributed by atoms with Crippen LogP contribution < -0.4 is 10.2 Å². The van der Waals surface area contributed by atoms with Gasteiger partial charge in [-0.05, 0) is 38.1 Å². The van der Waals surface area contributed by atoms with Gasteiger partial charge in [-0.25, -0.2) is 0 Å². The van der Waals surface area contributed by atoms with Crippen molar-refractivity contribution in [3.63, 3.8) is 0 Å². The molecule has 0 bridgehead atoms. The first-order chi connectivity index (χ1) is 9.98. The van der Waals surface area contributed by atoms with Crippen molar-refractivity contribution >= 4 is 22.3 Å². The third-order valence-corrected chi connectivity index (χ3v) is 3.83. The molecule has 1 saturated heterocycles. The van der Waals surface area contributed by atoms with Crippen molar-refractivity contribution in [2.75, 3.05) is 24.5 Å². The summed E-state index contributed by atoms with van der Waals surface area (Å²) in [4.78, 5) is 17.6. The number of hydrogen-bond donors (Lipinski definition) is 1. The summed E-state index contributed by atoms with van der Waals surface area (Å²) < 4.78 is 0. The van der Waals surface area contributed by atoms with Gasteiger partial charge in [-0.2, -0.15) is 0 Å².